The Kier molecular flexibility index (Phi) is 9.31. The number of fused-ring (bicyclic) bond motifs is 5. The number of nitrogens with two attached hydrogens (primary N) is 1. The number of carboxylic acid groups (broad SMARTS) is 1. The maximum atomic E-state index is 13.5. The molecule has 1 aliphatic heterocycles. The Morgan fingerprint density at radius 1 is 1.08 bits per heavy atom. The van der Waals surface area contributed by atoms with Crippen molar-refractivity contribution in [1.82, 2.24) is 15.5 Å². The number of phenols is 2. The third-order valence-electron chi connectivity index (χ3n) is 6.68. The molecule has 0 aliphatic carbocycles. The first-order chi connectivity index (χ1) is 17.9. The molecule has 1 heterocycles. The molecule has 4 atom stereocenters. The SMILES string of the molecule is CC(C)N[C@H]1Cc2cc(ccc2O)-c2ccc(O)c(c2)C[C@@H](C(=O)O)N(C)C(=O)[C@H](C[C@@H](O)CN)NC1=O. The van der Waals surface area contributed by atoms with Crippen LogP contribution in [0.4, 0.5) is 0 Å². The minimum atomic E-state index is -1.37. The van der Waals surface area contributed by atoms with Crippen molar-refractivity contribution in [2.24, 2.45) is 5.73 Å². The lowest BCUT2D eigenvalue weighted by Crippen LogP contribution is -2.57. The van der Waals surface area contributed by atoms with E-state index in [1.165, 1.54) is 19.2 Å². The van der Waals surface area contributed by atoms with Gasteiger partial charge in [-0.05, 0) is 46.5 Å². The van der Waals surface area contributed by atoms with Crippen molar-refractivity contribution < 1.29 is 34.8 Å². The minimum Gasteiger partial charge on any atom is -0.508 e. The van der Waals surface area contributed by atoms with Crippen LogP contribution in [0.25, 0.3) is 11.1 Å². The Balaban J connectivity index is 2.18. The summed E-state index contributed by atoms with van der Waals surface area (Å²) in [6.45, 7) is 3.53. The van der Waals surface area contributed by atoms with Crippen molar-refractivity contribution >= 4 is 17.8 Å². The summed E-state index contributed by atoms with van der Waals surface area (Å²) in [5, 5.41) is 47.1. The first-order valence-electron chi connectivity index (χ1n) is 12.5. The molecule has 0 saturated carbocycles. The smallest absolute Gasteiger partial charge is 0.326 e. The first-order valence-corrected chi connectivity index (χ1v) is 12.5. The minimum absolute atomic E-state index is 0.0164. The lowest BCUT2D eigenvalue weighted by Gasteiger charge is -2.31. The van der Waals surface area contributed by atoms with Gasteiger partial charge in [-0.3, -0.25) is 9.59 Å². The van der Waals surface area contributed by atoms with E-state index >= 15 is 0 Å². The number of aromatic hydroxyl groups is 2. The predicted octanol–water partition coefficient (Wildman–Crippen LogP) is 0.336. The summed E-state index contributed by atoms with van der Waals surface area (Å²) in [6.07, 6.45) is -1.48. The number of aliphatic carboxylic acids is 1. The topological polar surface area (TPSA) is 185 Å². The fourth-order valence-electron chi connectivity index (χ4n) is 4.57. The number of nitrogens with zero attached hydrogens (tertiary/aromatic N) is 1. The molecule has 4 bridgehead atoms. The van der Waals surface area contributed by atoms with Gasteiger partial charge in [0, 0.05) is 38.9 Å². The molecule has 11 heteroatoms. The van der Waals surface area contributed by atoms with Crippen molar-refractivity contribution in [3.63, 3.8) is 0 Å². The van der Waals surface area contributed by atoms with Gasteiger partial charge in [-0.25, -0.2) is 4.79 Å². The molecule has 2 aromatic rings. The highest BCUT2D eigenvalue weighted by Gasteiger charge is 2.35. The molecular formula is C27H36N4O7. The van der Waals surface area contributed by atoms with Crippen LogP contribution in [0.1, 0.15) is 31.4 Å². The molecular weight excluding hydrogens is 492 g/mol. The summed E-state index contributed by atoms with van der Waals surface area (Å²) >= 11 is 0. The van der Waals surface area contributed by atoms with Gasteiger partial charge in [0.05, 0.1) is 12.1 Å². The second-order valence-electron chi connectivity index (χ2n) is 9.96. The van der Waals surface area contributed by atoms with Crippen LogP contribution in [-0.2, 0) is 27.2 Å². The molecule has 38 heavy (non-hydrogen) atoms. The summed E-state index contributed by atoms with van der Waals surface area (Å²) in [7, 11) is 1.30. The first kappa shape index (κ1) is 28.9. The highest BCUT2D eigenvalue weighted by molar-refractivity contribution is 5.92. The van der Waals surface area contributed by atoms with Gasteiger partial charge in [0.25, 0.3) is 0 Å². The van der Waals surface area contributed by atoms with Crippen molar-refractivity contribution in [3.8, 4) is 22.6 Å². The average molecular weight is 529 g/mol. The fourth-order valence-corrected chi connectivity index (χ4v) is 4.57. The number of nitrogens with one attached hydrogen (secondary N) is 2. The van der Waals surface area contributed by atoms with Gasteiger partial charge in [0.15, 0.2) is 0 Å². The fraction of sp³-hybridized carbons (Fsp3) is 0.444. The molecule has 3 rings (SSSR count). The largest absolute Gasteiger partial charge is 0.508 e. The molecule has 0 aromatic heterocycles. The van der Waals surface area contributed by atoms with E-state index in [1.54, 1.807) is 24.3 Å². The highest BCUT2D eigenvalue weighted by atomic mass is 16.4. The zero-order chi connectivity index (χ0) is 28.1. The second-order valence-corrected chi connectivity index (χ2v) is 9.96. The number of aliphatic hydroxyl groups is 1. The normalized spacial score (nSPS) is 21.4. The van der Waals surface area contributed by atoms with E-state index in [0.29, 0.717) is 22.3 Å². The van der Waals surface area contributed by atoms with E-state index in [-0.39, 0.29) is 43.3 Å². The number of aliphatic hydroxyl groups excluding tert-OH is 1. The summed E-state index contributed by atoms with van der Waals surface area (Å²) in [5.41, 5.74) is 7.69. The number of hydrogen-bond acceptors (Lipinski definition) is 8. The molecule has 2 aromatic carbocycles. The highest BCUT2D eigenvalue weighted by Crippen LogP contribution is 2.31. The van der Waals surface area contributed by atoms with Gasteiger partial charge in [-0.15, -0.1) is 0 Å². The quantitative estimate of drug-likeness (QED) is 0.278. The number of rotatable bonds is 6. The second kappa shape index (κ2) is 12.2. The predicted molar refractivity (Wildman–Crippen MR) is 140 cm³/mol. The molecule has 8 N–H and O–H groups in total. The Morgan fingerprint density at radius 2 is 1.63 bits per heavy atom. The van der Waals surface area contributed by atoms with Gasteiger partial charge in [-0.2, -0.15) is 0 Å². The molecule has 0 unspecified atom stereocenters. The molecule has 2 amide bonds. The van der Waals surface area contributed by atoms with E-state index in [9.17, 15) is 34.8 Å². The van der Waals surface area contributed by atoms with Crippen LogP contribution in [-0.4, -0.2) is 87.0 Å². The summed E-state index contributed by atoms with van der Waals surface area (Å²) in [5.74, 6) is -2.73. The number of benzene rings is 2. The van der Waals surface area contributed by atoms with Crippen LogP contribution in [0.5, 0.6) is 11.5 Å². The Labute approximate surface area is 221 Å². The lowest BCUT2D eigenvalue weighted by atomic mass is 9.95. The van der Waals surface area contributed by atoms with Crippen LogP contribution in [0.2, 0.25) is 0 Å². The van der Waals surface area contributed by atoms with E-state index in [0.717, 1.165) is 4.90 Å². The third-order valence-corrected chi connectivity index (χ3v) is 6.68. The van der Waals surface area contributed by atoms with Crippen LogP contribution in [0, 0.1) is 0 Å². The van der Waals surface area contributed by atoms with Gasteiger partial charge in [-0.1, -0.05) is 26.0 Å². The van der Waals surface area contributed by atoms with E-state index in [2.05, 4.69) is 10.6 Å². The summed E-state index contributed by atoms with van der Waals surface area (Å²) < 4.78 is 0. The number of carbonyl (C=O) groups excluding carboxylic acids is 2. The maximum Gasteiger partial charge on any atom is 0.326 e. The summed E-state index contributed by atoms with van der Waals surface area (Å²) in [4.78, 5) is 40.2. The number of likely N-dealkylation sites (N-methyl/N-ethyl adjacent to an activating group) is 1. The molecule has 1 aliphatic rings. The third kappa shape index (κ3) is 6.80. The van der Waals surface area contributed by atoms with Gasteiger partial charge in [0.2, 0.25) is 11.8 Å². The molecule has 0 fully saturated rings. The molecule has 0 radical (unpaired) electrons. The van der Waals surface area contributed by atoms with E-state index in [1.807, 2.05) is 13.8 Å². The van der Waals surface area contributed by atoms with Crippen LogP contribution in [0.3, 0.4) is 0 Å². The lowest BCUT2D eigenvalue weighted by molar-refractivity contribution is -0.150. The zero-order valence-electron chi connectivity index (χ0n) is 21.7. The van der Waals surface area contributed by atoms with Gasteiger partial charge >= 0.3 is 5.97 Å². The van der Waals surface area contributed by atoms with Crippen molar-refractivity contribution in [1.29, 1.82) is 0 Å². The Morgan fingerprint density at radius 3 is 2.13 bits per heavy atom. The van der Waals surface area contributed by atoms with Crippen LogP contribution in [0.15, 0.2) is 36.4 Å². The van der Waals surface area contributed by atoms with Crippen molar-refractivity contribution in [2.75, 3.05) is 13.6 Å². The number of carboxylic acids is 1. The standard InChI is InChI=1S/C27H36N4O7/c1-14(2)29-20-10-17-8-15(4-6-23(17)33)16-5-7-24(34)18(9-16)11-22(27(37)38)31(3)26(36)21(30-25(20)35)12-19(32)13-28/h4-9,14,19-22,29,32-34H,10-13,28H2,1-3H3,(H,30,35)(H,37,38)/t19-,20+,21+,22+/m1/s1. The molecule has 206 valence electrons. The molecule has 0 spiro atoms. The van der Waals surface area contributed by atoms with Crippen molar-refractivity contribution in [2.45, 2.75) is 63.4 Å². The monoisotopic (exact) mass is 528 g/mol. The number of hydrogen-bond donors (Lipinski definition) is 7. The van der Waals surface area contributed by atoms with Gasteiger partial charge in [0.1, 0.15) is 23.6 Å². The number of phenolic OH excluding ortho intramolecular Hbond substituents is 2. The van der Waals surface area contributed by atoms with Crippen molar-refractivity contribution in [3.05, 3.63) is 47.5 Å². The van der Waals surface area contributed by atoms with Gasteiger partial charge < -0.3 is 41.7 Å². The number of amides is 2. The van der Waals surface area contributed by atoms with E-state index in [4.69, 9.17) is 5.73 Å². The summed E-state index contributed by atoms with van der Waals surface area (Å²) in [6, 6.07) is 6.06. The number of carbonyl (C=O) groups is 3. The maximum absolute atomic E-state index is 13.5. The zero-order valence-corrected chi connectivity index (χ0v) is 21.7. The van der Waals surface area contributed by atoms with Crippen LogP contribution < -0.4 is 16.4 Å². The van der Waals surface area contributed by atoms with Crippen LogP contribution >= 0.6 is 0 Å². The Bertz CT molecular complexity index is 1190. The van der Waals surface area contributed by atoms with E-state index < -0.39 is 42.0 Å². The molecule has 11 nitrogen and oxygen atoms in total. The molecule has 0 saturated heterocycles. The Hall–Kier alpha value is -3.67. The average Bonchev–Trinajstić information content (AvgIpc) is 2.86.